The number of aliphatic hydroxyl groups is 1. The molecule has 4 rings (SSSR count). The quantitative estimate of drug-likeness (QED) is 0.602. The molecule has 3 N–H and O–H groups in total. The Hall–Kier alpha value is -2.04. The first-order valence-electron chi connectivity index (χ1n) is 8.39. The first-order chi connectivity index (χ1) is 13.4. The molecule has 11 heteroatoms. The van der Waals surface area contributed by atoms with Gasteiger partial charge in [-0.1, -0.05) is 23.7 Å². The maximum Gasteiger partial charge on any atom is 0.226 e. The van der Waals surface area contributed by atoms with Gasteiger partial charge < -0.3 is 20.3 Å². The number of fused-ring (bicyclic) bond motifs is 1. The highest BCUT2D eigenvalue weighted by atomic mass is 35.5. The average Bonchev–Trinajstić information content (AvgIpc) is 3.19. The molecule has 1 aliphatic heterocycles. The van der Waals surface area contributed by atoms with Crippen molar-refractivity contribution in [2.45, 2.75) is 31.2 Å². The number of ether oxygens (including phenoxy) is 2. The molecule has 1 saturated heterocycles. The van der Waals surface area contributed by atoms with Crippen LogP contribution >= 0.6 is 23.2 Å². The van der Waals surface area contributed by atoms with E-state index in [0.29, 0.717) is 5.02 Å². The van der Waals surface area contributed by atoms with Gasteiger partial charge in [0.15, 0.2) is 23.9 Å². The van der Waals surface area contributed by atoms with Gasteiger partial charge in [-0.15, -0.1) is 0 Å². The van der Waals surface area contributed by atoms with E-state index in [2.05, 4.69) is 15.0 Å². The van der Waals surface area contributed by atoms with Gasteiger partial charge in [-0.2, -0.15) is 9.97 Å². The summed E-state index contributed by atoms with van der Waals surface area (Å²) in [7, 11) is 0. The molecule has 2 aromatic heterocycles. The largest absolute Gasteiger partial charge is 0.387 e. The van der Waals surface area contributed by atoms with Crippen LogP contribution in [0.15, 0.2) is 30.6 Å². The highest BCUT2D eigenvalue weighted by Crippen LogP contribution is 2.34. The summed E-state index contributed by atoms with van der Waals surface area (Å²) in [4.78, 5) is 11.9. The number of alkyl halides is 1. The van der Waals surface area contributed by atoms with Crippen LogP contribution < -0.4 is 5.73 Å². The Bertz CT molecular complexity index is 987. The number of hydrogen-bond donors (Lipinski definition) is 2. The second-order valence-electron chi connectivity index (χ2n) is 6.34. The molecule has 0 saturated carbocycles. The predicted molar refractivity (Wildman–Crippen MR) is 101 cm³/mol. The molecule has 0 radical (unpaired) electrons. The monoisotopic (exact) mass is 427 g/mol. The van der Waals surface area contributed by atoms with Gasteiger partial charge >= 0.3 is 0 Å². The molecular weight excluding hydrogens is 412 g/mol. The molecule has 28 heavy (non-hydrogen) atoms. The molecule has 4 atom stereocenters. The molecular formula is C17H16Cl2FN5O3. The Labute approximate surface area is 169 Å². The minimum Gasteiger partial charge on any atom is -0.387 e. The lowest BCUT2D eigenvalue weighted by atomic mass is 10.1. The summed E-state index contributed by atoms with van der Waals surface area (Å²) in [6.07, 6.45) is -3.76. The minimum absolute atomic E-state index is 0.00518. The fourth-order valence-corrected chi connectivity index (χ4v) is 3.33. The van der Waals surface area contributed by atoms with Crippen LogP contribution in [0.25, 0.3) is 11.2 Å². The predicted octanol–water partition coefficient (Wildman–Crippen LogP) is 2.53. The number of rotatable bonds is 5. The average molecular weight is 428 g/mol. The number of nitrogens with zero attached hydrogens (tertiary/aromatic N) is 4. The molecule has 3 heterocycles. The molecule has 3 aromatic rings. The number of benzene rings is 1. The van der Waals surface area contributed by atoms with Crippen molar-refractivity contribution in [3.8, 4) is 0 Å². The molecule has 0 bridgehead atoms. The van der Waals surface area contributed by atoms with Gasteiger partial charge in [-0.25, -0.2) is 9.37 Å². The summed E-state index contributed by atoms with van der Waals surface area (Å²) in [5.41, 5.74) is 7.16. The van der Waals surface area contributed by atoms with E-state index >= 15 is 0 Å². The van der Waals surface area contributed by atoms with Crippen LogP contribution in [0, 0.1) is 0 Å². The Kier molecular flexibility index (Phi) is 5.35. The fourth-order valence-electron chi connectivity index (χ4n) is 3.04. The van der Waals surface area contributed by atoms with E-state index in [1.165, 1.54) is 10.9 Å². The van der Waals surface area contributed by atoms with Crippen molar-refractivity contribution < 1.29 is 19.0 Å². The molecule has 1 aliphatic rings. The number of anilines is 1. The second-order valence-corrected chi connectivity index (χ2v) is 7.12. The van der Waals surface area contributed by atoms with E-state index in [9.17, 15) is 9.50 Å². The fraction of sp³-hybridized carbons (Fsp3) is 0.353. The molecule has 148 valence electrons. The summed E-state index contributed by atoms with van der Waals surface area (Å²) < 4.78 is 27.3. The standard InChI is InChI=1S/C17H16Cl2FN5O3/c18-9-3-1-8(2-4-9)5-27-6-10-13(26)11(20)16(28-10)25-7-22-12-14(21)23-17(19)24-15(12)25/h1-4,7,10-11,13,16,26H,5-6H2,(H2,21,23,24)/t10-,11+,13-,16-/m1/s1. The van der Waals surface area contributed by atoms with Crippen molar-refractivity contribution in [3.05, 3.63) is 46.5 Å². The Morgan fingerprint density at radius 3 is 2.75 bits per heavy atom. The third kappa shape index (κ3) is 3.63. The number of aromatic nitrogens is 4. The normalized spacial score (nSPS) is 24.9. The summed E-state index contributed by atoms with van der Waals surface area (Å²) >= 11 is 11.7. The molecule has 0 aliphatic carbocycles. The summed E-state index contributed by atoms with van der Waals surface area (Å²) in [6.45, 7) is 0.282. The van der Waals surface area contributed by atoms with E-state index in [1.807, 2.05) is 12.1 Å². The molecule has 8 nitrogen and oxygen atoms in total. The number of halogens is 3. The van der Waals surface area contributed by atoms with Crippen molar-refractivity contribution in [3.63, 3.8) is 0 Å². The van der Waals surface area contributed by atoms with Crippen LogP contribution in [0.4, 0.5) is 10.2 Å². The van der Waals surface area contributed by atoms with Gasteiger partial charge in [-0.05, 0) is 29.3 Å². The van der Waals surface area contributed by atoms with Crippen LogP contribution in [0.5, 0.6) is 0 Å². The van der Waals surface area contributed by atoms with Gasteiger partial charge in [0.1, 0.15) is 17.7 Å². The zero-order chi connectivity index (χ0) is 19.8. The summed E-state index contributed by atoms with van der Waals surface area (Å²) in [6, 6.07) is 7.14. The van der Waals surface area contributed by atoms with Gasteiger partial charge in [0, 0.05) is 5.02 Å². The van der Waals surface area contributed by atoms with Crippen molar-refractivity contribution in [2.24, 2.45) is 0 Å². The van der Waals surface area contributed by atoms with E-state index in [-0.39, 0.29) is 35.5 Å². The number of nitrogen functional groups attached to an aromatic ring is 1. The van der Waals surface area contributed by atoms with Crippen LogP contribution in [-0.4, -0.2) is 49.6 Å². The lowest BCUT2D eigenvalue weighted by Crippen LogP contribution is -2.31. The van der Waals surface area contributed by atoms with Crippen molar-refractivity contribution in [2.75, 3.05) is 12.3 Å². The van der Waals surface area contributed by atoms with Crippen LogP contribution in [0.2, 0.25) is 10.3 Å². The molecule has 0 spiro atoms. The number of hydrogen-bond acceptors (Lipinski definition) is 7. The first-order valence-corrected chi connectivity index (χ1v) is 9.15. The Morgan fingerprint density at radius 1 is 1.25 bits per heavy atom. The SMILES string of the molecule is Nc1nc(Cl)nc2c1ncn2[C@@H]1O[C@H](COCc2ccc(Cl)cc2)[C@@H](O)[C@@H]1F. The van der Waals surface area contributed by atoms with E-state index in [0.717, 1.165) is 5.56 Å². The molecule has 0 amide bonds. The third-order valence-corrected chi connectivity index (χ3v) is 4.87. The third-order valence-electron chi connectivity index (χ3n) is 4.45. The first kappa shape index (κ1) is 19.3. The van der Waals surface area contributed by atoms with E-state index in [4.69, 9.17) is 38.4 Å². The Morgan fingerprint density at radius 2 is 2.00 bits per heavy atom. The zero-order valence-corrected chi connectivity index (χ0v) is 15.9. The second kappa shape index (κ2) is 7.76. The van der Waals surface area contributed by atoms with Crippen LogP contribution in [0.1, 0.15) is 11.8 Å². The van der Waals surface area contributed by atoms with Crippen molar-refractivity contribution in [1.29, 1.82) is 0 Å². The van der Waals surface area contributed by atoms with Gasteiger partial charge in [-0.3, -0.25) is 4.57 Å². The number of imidazole rings is 1. The van der Waals surface area contributed by atoms with Crippen LogP contribution in [0.3, 0.4) is 0 Å². The van der Waals surface area contributed by atoms with Gasteiger partial charge in [0.2, 0.25) is 5.28 Å². The van der Waals surface area contributed by atoms with Crippen molar-refractivity contribution >= 4 is 40.2 Å². The lowest BCUT2D eigenvalue weighted by Gasteiger charge is -2.15. The molecule has 0 unspecified atom stereocenters. The zero-order valence-electron chi connectivity index (χ0n) is 14.4. The smallest absolute Gasteiger partial charge is 0.226 e. The topological polar surface area (TPSA) is 108 Å². The number of aliphatic hydroxyl groups excluding tert-OH is 1. The highest BCUT2D eigenvalue weighted by molar-refractivity contribution is 6.30. The Balaban J connectivity index is 1.46. The van der Waals surface area contributed by atoms with Gasteiger partial charge in [0.05, 0.1) is 19.5 Å². The van der Waals surface area contributed by atoms with Crippen molar-refractivity contribution in [1.82, 2.24) is 19.5 Å². The maximum atomic E-state index is 14.7. The van der Waals surface area contributed by atoms with Crippen LogP contribution in [-0.2, 0) is 16.1 Å². The van der Waals surface area contributed by atoms with Gasteiger partial charge in [0.25, 0.3) is 0 Å². The lowest BCUT2D eigenvalue weighted by molar-refractivity contribution is -0.0660. The van der Waals surface area contributed by atoms with E-state index < -0.39 is 24.6 Å². The summed E-state index contributed by atoms with van der Waals surface area (Å²) in [5, 5.41) is 10.8. The van der Waals surface area contributed by atoms with E-state index in [1.54, 1.807) is 12.1 Å². The molecule has 1 aromatic carbocycles. The molecule has 1 fully saturated rings. The minimum atomic E-state index is -1.71. The maximum absolute atomic E-state index is 14.7. The summed E-state index contributed by atoms with van der Waals surface area (Å²) in [5.74, 6) is 0.0746. The highest BCUT2D eigenvalue weighted by Gasteiger charge is 2.45. The number of nitrogens with two attached hydrogens (primary N) is 1.